The van der Waals surface area contributed by atoms with Crippen molar-refractivity contribution in [2.45, 2.75) is 0 Å². The maximum absolute atomic E-state index is 9.81. The minimum atomic E-state index is -0.409. The molecule has 1 N–H and O–H groups in total. The number of nitrogens with zero attached hydrogens (tertiary/aromatic N) is 2. The van der Waals surface area contributed by atoms with Gasteiger partial charge in [0.1, 0.15) is 0 Å². The van der Waals surface area contributed by atoms with Gasteiger partial charge in [-0.2, -0.15) is 0 Å². The van der Waals surface area contributed by atoms with Crippen LogP contribution < -0.4 is 21.0 Å². The van der Waals surface area contributed by atoms with E-state index in [1.54, 1.807) is 23.5 Å². The number of hydrogen-bond acceptors (Lipinski definition) is 4. The van der Waals surface area contributed by atoms with Crippen LogP contribution >= 0.6 is 11.3 Å². The molecule has 2 radical (unpaired) electrons. The molecule has 3 rings (SSSR count). The molecule has 6 heteroatoms. The van der Waals surface area contributed by atoms with Gasteiger partial charge in [0.2, 0.25) is 0 Å². The number of phenolic OH excluding ortho intramolecular Hbond substituents is 1. The molecule has 18 heavy (non-hydrogen) atoms. The van der Waals surface area contributed by atoms with Gasteiger partial charge in [-0.15, -0.1) is 0 Å². The Labute approximate surface area is 119 Å². The summed E-state index contributed by atoms with van der Waals surface area (Å²) in [5.41, 5.74) is 7.10. The van der Waals surface area contributed by atoms with Gasteiger partial charge in [0, 0.05) is 0 Å². The summed E-state index contributed by atoms with van der Waals surface area (Å²) in [4.78, 5) is 0.898. The second-order valence-electron chi connectivity index (χ2n) is 3.67. The SMILES string of the molecule is [B][I-]c1cc2cc(-c3ccccc3O)nnc2s1. The Morgan fingerprint density at radius 2 is 2.00 bits per heavy atom. The molecule has 2 heterocycles. The summed E-state index contributed by atoms with van der Waals surface area (Å²) in [5, 5.41) is 19.2. The maximum atomic E-state index is 9.81. The fourth-order valence-electron chi connectivity index (χ4n) is 1.70. The molecule has 0 aliphatic heterocycles. The third-order valence-electron chi connectivity index (χ3n) is 2.54. The molecule has 0 spiro atoms. The average Bonchev–Trinajstić information content (AvgIpc) is 2.81. The molecule has 3 aromatic rings. The number of halogens is 1. The number of thiophene rings is 1. The fourth-order valence-corrected chi connectivity index (χ4v) is 3.95. The normalized spacial score (nSPS) is 11.1. The Hall–Kier alpha value is -1.15. The van der Waals surface area contributed by atoms with E-state index in [9.17, 15) is 5.11 Å². The number of fused-ring (bicyclic) bond motifs is 1. The van der Waals surface area contributed by atoms with Crippen molar-refractivity contribution in [3.05, 3.63) is 39.3 Å². The topological polar surface area (TPSA) is 46.0 Å². The Bertz CT molecular complexity index is 716. The fraction of sp³-hybridized carbons (Fsp3) is 0. The molecular weight excluding hydrogens is 358 g/mol. The first kappa shape index (κ1) is 11.9. The van der Waals surface area contributed by atoms with Crippen LogP contribution in [0.25, 0.3) is 21.5 Å². The first-order valence-electron chi connectivity index (χ1n) is 5.17. The summed E-state index contributed by atoms with van der Waals surface area (Å²) in [7, 11) is 0. The molecule has 0 saturated carbocycles. The van der Waals surface area contributed by atoms with Crippen molar-refractivity contribution < 1.29 is 26.1 Å². The third-order valence-corrected chi connectivity index (χ3v) is 5.55. The zero-order valence-corrected chi connectivity index (χ0v) is 12.1. The third kappa shape index (κ3) is 2.10. The van der Waals surface area contributed by atoms with E-state index in [-0.39, 0.29) is 5.75 Å². The van der Waals surface area contributed by atoms with Crippen molar-refractivity contribution in [3.63, 3.8) is 0 Å². The van der Waals surface area contributed by atoms with Crippen LogP contribution in [0.2, 0.25) is 0 Å². The van der Waals surface area contributed by atoms with Crippen LogP contribution in [-0.4, -0.2) is 21.0 Å². The Kier molecular flexibility index (Phi) is 3.21. The van der Waals surface area contributed by atoms with E-state index in [0.717, 1.165) is 10.2 Å². The molecule has 0 aliphatic carbocycles. The first-order chi connectivity index (χ1) is 8.78. The molecule has 0 amide bonds. The van der Waals surface area contributed by atoms with Gasteiger partial charge in [-0.25, -0.2) is 0 Å². The number of aromatic nitrogens is 2. The molecule has 0 atom stereocenters. The van der Waals surface area contributed by atoms with Gasteiger partial charge in [0.15, 0.2) is 0 Å². The predicted octanol–water partition coefficient (Wildman–Crippen LogP) is -0.594. The molecular formula is C12H7BIN2OS-. The molecule has 0 unspecified atom stereocenters. The standard InChI is InChI=1S/C12H7BIN2OS/c13-14-11-6-7-5-9(15-16-12(7)18-11)8-3-1-2-4-10(8)17/h1-6,17H/q-1. The van der Waals surface area contributed by atoms with Crippen LogP contribution in [0.5, 0.6) is 5.75 Å². The summed E-state index contributed by atoms with van der Waals surface area (Å²) < 4.78 is 1.19. The summed E-state index contributed by atoms with van der Waals surface area (Å²) in [5.74, 6) is 0.216. The van der Waals surface area contributed by atoms with Crippen molar-refractivity contribution in [3.8, 4) is 17.0 Å². The van der Waals surface area contributed by atoms with Gasteiger partial charge in [0.25, 0.3) is 0 Å². The molecule has 3 nitrogen and oxygen atoms in total. The van der Waals surface area contributed by atoms with Crippen molar-refractivity contribution in [1.82, 2.24) is 10.2 Å². The van der Waals surface area contributed by atoms with Gasteiger partial charge in [-0.3, -0.25) is 0 Å². The number of para-hydroxylation sites is 1. The Balaban J connectivity index is 2.16. The van der Waals surface area contributed by atoms with E-state index in [0.29, 0.717) is 11.3 Å². The van der Waals surface area contributed by atoms with Gasteiger partial charge < -0.3 is 0 Å². The molecule has 0 fully saturated rings. The van der Waals surface area contributed by atoms with Crippen LogP contribution in [-0.2, 0) is 0 Å². The second kappa shape index (κ2) is 4.85. The van der Waals surface area contributed by atoms with E-state index < -0.39 is 21.0 Å². The van der Waals surface area contributed by atoms with E-state index in [2.05, 4.69) is 16.3 Å². The first-order valence-corrected chi connectivity index (χ1v) is 8.31. The van der Waals surface area contributed by atoms with Crippen molar-refractivity contribution in [2.24, 2.45) is 0 Å². The zero-order chi connectivity index (χ0) is 12.5. The molecule has 1 aromatic carbocycles. The summed E-state index contributed by atoms with van der Waals surface area (Å²) in [6, 6.07) is 11.1. The Morgan fingerprint density at radius 1 is 1.17 bits per heavy atom. The van der Waals surface area contributed by atoms with E-state index in [4.69, 9.17) is 5.70 Å². The van der Waals surface area contributed by atoms with Crippen LogP contribution in [0, 0.1) is 2.88 Å². The summed E-state index contributed by atoms with van der Waals surface area (Å²) in [6.45, 7) is 0. The average molecular weight is 365 g/mol. The quantitative estimate of drug-likeness (QED) is 0.488. The van der Waals surface area contributed by atoms with E-state index >= 15 is 0 Å². The van der Waals surface area contributed by atoms with E-state index in [1.807, 2.05) is 18.2 Å². The molecule has 0 saturated heterocycles. The van der Waals surface area contributed by atoms with Crippen LogP contribution in [0.15, 0.2) is 36.4 Å². The molecule has 2 aromatic heterocycles. The van der Waals surface area contributed by atoms with Gasteiger partial charge in [-0.1, -0.05) is 0 Å². The number of phenols is 1. The summed E-state index contributed by atoms with van der Waals surface area (Å²) >= 11 is 1.18. The van der Waals surface area contributed by atoms with Crippen molar-refractivity contribution >= 4 is 27.3 Å². The molecule has 0 bridgehead atoms. The number of rotatable bonds is 2. The molecule has 88 valence electrons. The van der Waals surface area contributed by atoms with Gasteiger partial charge in [0.05, 0.1) is 0 Å². The Morgan fingerprint density at radius 3 is 2.78 bits per heavy atom. The minimum absolute atomic E-state index is 0.216. The summed E-state index contributed by atoms with van der Waals surface area (Å²) in [6.07, 6.45) is 0. The second-order valence-corrected chi connectivity index (χ2v) is 7.21. The van der Waals surface area contributed by atoms with Crippen molar-refractivity contribution in [2.75, 3.05) is 0 Å². The molecule has 0 aliphatic rings. The van der Waals surface area contributed by atoms with E-state index in [1.165, 1.54) is 2.88 Å². The monoisotopic (exact) mass is 365 g/mol. The number of hydrogen-bond donors (Lipinski definition) is 1. The van der Waals surface area contributed by atoms with Gasteiger partial charge >= 0.3 is 120 Å². The number of benzene rings is 1. The van der Waals surface area contributed by atoms with Crippen LogP contribution in [0.4, 0.5) is 0 Å². The predicted molar refractivity (Wildman–Crippen MR) is 69.0 cm³/mol. The zero-order valence-electron chi connectivity index (χ0n) is 9.17. The van der Waals surface area contributed by atoms with Crippen LogP contribution in [0.1, 0.15) is 0 Å². The van der Waals surface area contributed by atoms with Crippen LogP contribution in [0.3, 0.4) is 0 Å². The van der Waals surface area contributed by atoms with Crippen molar-refractivity contribution in [1.29, 1.82) is 0 Å². The number of aromatic hydroxyl groups is 1. The van der Waals surface area contributed by atoms with Gasteiger partial charge in [-0.05, 0) is 0 Å².